The van der Waals surface area contributed by atoms with Crippen LogP contribution < -0.4 is 5.32 Å². The average molecular weight is 176 g/mol. The molecule has 13 heavy (non-hydrogen) atoms. The van der Waals surface area contributed by atoms with Crippen LogP contribution in [-0.4, -0.2) is 24.4 Å². The number of carbonyl (C=O) groups is 1. The van der Waals surface area contributed by atoms with Crippen molar-refractivity contribution in [2.45, 2.75) is 12.3 Å². The first-order valence-corrected chi connectivity index (χ1v) is 4.52. The zero-order valence-corrected chi connectivity index (χ0v) is 7.36. The van der Waals surface area contributed by atoms with Crippen LogP contribution in [0.5, 0.6) is 0 Å². The van der Waals surface area contributed by atoms with E-state index in [-0.39, 0.29) is 0 Å². The van der Waals surface area contributed by atoms with Crippen molar-refractivity contribution < 1.29 is 4.79 Å². The van der Waals surface area contributed by atoms with Crippen molar-refractivity contribution in [2.24, 2.45) is 0 Å². The van der Waals surface area contributed by atoms with Crippen LogP contribution in [0.15, 0.2) is 18.3 Å². The smallest absolute Gasteiger partial charge is 0.168 e. The standard InChI is InChI=1S/C10H12N2O/c13-7-10-2-1-8(6-12-10)9-3-4-11-5-9/h1-2,6-7,9,11H,3-5H2. The summed E-state index contributed by atoms with van der Waals surface area (Å²) in [5.74, 6) is 0.577. The third kappa shape index (κ3) is 1.75. The van der Waals surface area contributed by atoms with Gasteiger partial charge >= 0.3 is 0 Å². The molecule has 0 radical (unpaired) electrons. The van der Waals surface area contributed by atoms with Gasteiger partial charge in [0, 0.05) is 12.7 Å². The molecule has 1 atom stereocenters. The summed E-state index contributed by atoms with van der Waals surface area (Å²) in [7, 11) is 0. The molecule has 1 aromatic rings. The van der Waals surface area contributed by atoms with Crippen LogP contribution in [0.4, 0.5) is 0 Å². The monoisotopic (exact) mass is 176 g/mol. The molecular weight excluding hydrogens is 164 g/mol. The minimum absolute atomic E-state index is 0.509. The van der Waals surface area contributed by atoms with Crippen molar-refractivity contribution in [3.05, 3.63) is 29.6 Å². The molecule has 1 aliphatic heterocycles. The number of hydrogen-bond donors (Lipinski definition) is 1. The highest BCUT2D eigenvalue weighted by Crippen LogP contribution is 2.20. The van der Waals surface area contributed by atoms with E-state index in [1.54, 1.807) is 12.3 Å². The molecule has 3 heteroatoms. The summed E-state index contributed by atoms with van der Waals surface area (Å²) in [6.07, 6.45) is 3.75. The van der Waals surface area contributed by atoms with E-state index in [2.05, 4.69) is 10.3 Å². The third-order valence-electron chi connectivity index (χ3n) is 2.46. The normalized spacial score (nSPS) is 21.7. The van der Waals surface area contributed by atoms with Gasteiger partial charge in [-0.1, -0.05) is 6.07 Å². The van der Waals surface area contributed by atoms with Crippen LogP contribution in [0.25, 0.3) is 0 Å². The minimum Gasteiger partial charge on any atom is -0.316 e. The van der Waals surface area contributed by atoms with E-state index < -0.39 is 0 Å². The highest BCUT2D eigenvalue weighted by Gasteiger charge is 2.16. The summed E-state index contributed by atoms with van der Waals surface area (Å²) in [6, 6.07) is 3.77. The molecule has 1 fully saturated rings. The summed E-state index contributed by atoms with van der Waals surface area (Å²) < 4.78 is 0. The van der Waals surface area contributed by atoms with E-state index in [1.807, 2.05) is 6.07 Å². The lowest BCUT2D eigenvalue weighted by Crippen LogP contribution is -2.08. The first-order chi connectivity index (χ1) is 6.40. The fourth-order valence-electron chi connectivity index (χ4n) is 1.67. The van der Waals surface area contributed by atoms with Crippen molar-refractivity contribution in [1.29, 1.82) is 0 Å². The van der Waals surface area contributed by atoms with E-state index in [4.69, 9.17) is 0 Å². The van der Waals surface area contributed by atoms with Crippen molar-refractivity contribution in [1.82, 2.24) is 10.3 Å². The molecule has 0 saturated carbocycles. The van der Waals surface area contributed by atoms with Crippen molar-refractivity contribution >= 4 is 6.29 Å². The van der Waals surface area contributed by atoms with Gasteiger partial charge in [0.1, 0.15) is 5.69 Å². The minimum atomic E-state index is 0.509. The van der Waals surface area contributed by atoms with Crippen molar-refractivity contribution in [3.8, 4) is 0 Å². The van der Waals surface area contributed by atoms with Crippen LogP contribution >= 0.6 is 0 Å². The Hall–Kier alpha value is -1.22. The average Bonchev–Trinajstić information content (AvgIpc) is 2.71. The molecule has 1 saturated heterocycles. The molecular formula is C10H12N2O. The number of carbonyl (C=O) groups excluding carboxylic acids is 1. The predicted molar refractivity (Wildman–Crippen MR) is 49.9 cm³/mol. The van der Waals surface area contributed by atoms with E-state index in [0.29, 0.717) is 11.6 Å². The Labute approximate surface area is 77.2 Å². The molecule has 1 aromatic heterocycles. The molecule has 0 aromatic carbocycles. The Kier molecular flexibility index (Phi) is 2.36. The van der Waals surface area contributed by atoms with Gasteiger partial charge in [-0.05, 0) is 30.5 Å². The molecule has 1 aliphatic rings. The highest BCUT2D eigenvalue weighted by atomic mass is 16.1. The van der Waals surface area contributed by atoms with Gasteiger partial charge < -0.3 is 5.32 Å². The number of pyridine rings is 1. The molecule has 1 unspecified atom stereocenters. The Morgan fingerprint density at radius 1 is 1.54 bits per heavy atom. The van der Waals surface area contributed by atoms with Crippen LogP contribution in [0.2, 0.25) is 0 Å². The summed E-state index contributed by atoms with van der Waals surface area (Å²) >= 11 is 0. The van der Waals surface area contributed by atoms with Gasteiger partial charge in [0.05, 0.1) is 0 Å². The van der Waals surface area contributed by atoms with E-state index in [1.165, 1.54) is 12.0 Å². The molecule has 0 spiro atoms. The lowest BCUT2D eigenvalue weighted by molar-refractivity contribution is 0.111. The quantitative estimate of drug-likeness (QED) is 0.683. The maximum absolute atomic E-state index is 10.4. The van der Waals surface area contributed by atoms with E-state index in [9.17, 15) is 4.79 Å². The predicted octanol–water partition coefficient (Wildman–Crippen LogP) is 0.971. The van der Waals surface area contributed by atoms with E-state index in [0.717, 1.165) is 19.4 Å². The molecule has 0 amide bonds. The molecule has 2 heterocycles. The van der Waals surface area contributed by atoms with Gasteiger partial charge in [0.2, 0.25) is 0 Å². The number of nitrogens with one attached hydrogen (secondary N) is 1. The van der Waals surface area contributed by atoms with Gasteiger partial charge in [-0.2, -0.15) is 0 Å². The highest BCUT2D eigenvalue weighted by molar-refractivity contribution is 5.71. The lowest BCUT2D eigenvalue weighted by atomic mass is 10.0. The number of hydrogen-bond acceptors (Lipinski definition) is 3. The topological polar surface area (TPSA) is 42.0 Å². The second kappa shape index (κ2) is 3.66. The van der Waals surface area contributed by atoms with Gasteiger partial charge in [0.25, 0.3) is 0 Å². The van der Waals surface area contributed by atoms with E-state index >= 15 is 0 Å². The van der Waals surface area contributed by atoms with Gasteiger partial charge in [-0.25, -0.2) is 0 Å². The number of rotatable bonds is 2. The Bertz CT molecular complexity index is 288. The molecule has 2 rings (SSSR count). The van der Waals surface area contributed by atoms with Gasteiger partial charge in [-0.3, -0.25) is 9.78 Å². The molecule has 68 valence electrons. The zero-order chi connectivity index (χ0) is 9.10. The summed E-state index contributed by atoms with van der Waals surface area (Å²) in [5.41, 5.74) is 1.74. The zero-order valence-electron chi connectivity index (χ0n) is 7.36. The number of aldehydes is 1. The Morgan fingerprint density at radius 3 is 3.00 bits per heavy atom. The summed E-state index contributed by atoms with van der Waals surface area (Å²) in [5, 5.41) is 3.30. The Balaban J connectivity index is 2.16. The SMILES string of the molecule is O=Cc1ccc(C2CCNC2)cn1. The molecule has 1 N–H and O–H groups in total. The van der Waals surface area contributed by atoms with Crippen molar-refractivity contribution in [2.75, 3.05) is 13.1 Å². The molecule has 0 aliphatic carbocycles. The summed E-state index contributed by atoms with van der Waals surface area (Å²) in [4.78, 5) is 14.4. The second-order valence-electron chi connectivity index (χ2n) is 3.32. The van der Waals surface area contributed by atoms with Crippen LogP contribution in [0.3, 0.4) is 0 Å². The Morgan fingerprint density at radius 2 is 2.46 bits per heavy atom. The van der Waals surface area contributed by atoms with Crippen LogP contribution in [-0.2, 0) is 0 Å². The largest absolute Gasteiger partial charge is 0.316 e. The van der Waals surface area contributed by atoms with Crippen LogP contribution in [0.1, 0.15) is 28.4 Å². The maximum Gasteiger partial charge on any atom is 0.168 e. The second-order valence-corrected chi connectivity index (χ2v) is 3.32. The first-order valence-electron chi connectivity index (χ1n) is 4.52. The van der Waals surface area contributed by atoms with Gasteiger partial charge in [0.15, 0.2) is 6.29 Å². The maximum atomic E-state index is 10.4. The van der Waals surface area contributed by atoms with Crippen LogP contribution in [0, 0.1) is 0 Å². The number of nitrogens with zero attached hydrogens (tertiary/aromatic N) is 1. The molecule has 3 nitrogen and oxygen atoms in total. The van der Waals surface area contributed by atoms with Crippen molar-refractivity contribution in [3.63, 3.8) is 0 Å². The fraction of sp³-hybridized carbons (Fsp3) is 0.400. The fourth-order valence-corrected chi connectivity index (χ4v) is 1.67. The lowest BCUT2D eigenvalue weighted by Gasteiger charge is -2.06. The number of aromatic nitrogens is 1. The third-order valence-corrected chi connectivity index (χ3v) is 2.46. The first kappa shape index (κ1) is 8.38. The summed E-state index contributed by atoms with van der Waals surface area (Å²) in [6.45, 7) is 2.11. The van der Waals surface area contributed by atoms with Gasteiger partial charge in [-0.15, -0.1) is 0 Å². The molecule has 0 bridgehead atoms.